The molecule has 0 aliphatic heterocycles. The van der Waals surface area contributed by atoms with Gasteiger partial charge in [-0.15, -0.1) is 0 Å². The summed E-state index contributed by atoms with van der Waals surface area (Å²) in [5.74, 6) is 0. The van der Waals surface area contributed by atoms with Crippen molar-refractivity contribution >= 4 is 20.9 Å². The normalized spacial score (nSPS) is 13.5. The van der Waals surface area contributed by atoms with Crippen molar-refractivity contribution in [3.05, 3.63) is 41.5 Å². The van der Waals surface area contributed by atoms with Gasteiger partial charge < -0.3 is 0 Å². The Labute approximate surface area is 146 Å². The van der Waals surface area contributed by atoms with Crippen molar-refractivity contribution in [2.75, 3.05) is 6.61 Å². The molecule has 132 valence electrons. The topological polar surface area (TPSA) is 43.4 Å². The fourth-order valence-corrected chi connectivity index (χ4v) is 4.37. The highest BCUT2D eigenvalue weighted by molar-refractivity contribution is 7.87. The molecule has 0 saturated heterocycles. The Kier molecular flexibility index (Phi) is 4.86. The molecule has 2 rings (SSSR count). The van der Waals surface area contributed by atoms with Crippen LogP contribution in [0, 0.1) is 0 Å². The summed E-state index contributed by atoms with van der Waals surface area (Å²) in [5.41, 5.74) is 1.68. The van der Waals surface area contributed by atoms with Gasteiger partial charge in [0.2, 0.25) is 0 Å². The number of hydrogen-bond acceptors (Lipinski definition) is 3. The Morgan fingerprint density at radius 3 is 2.04 bits per heavy atom. The maximum absolute atomic E-state index is 12.8. The van der Waals surface area contributed by atoms with Gasteiger partial charge in [0.15, 0.2) is 0 Å². The van der Waals surface area contributed by atoms with Crippen LogP contribution in [0.4, 0.5) is 0 Å². The summed E-state index contributed by atoms with van der Waals surface area (Å²) in [6, 6.07) is 9.93. The highest BCUT2D eigenvalue weighted by Gasteiger charge is 2.29. The number of hydrogen-bond donors (Lipinski definition) is 0. The Bertz CT molecular complexity index is 851. The molecule has 0 saturated carbocycles. The van der Waals surface area contributed by atoms with Crippen LogP contribution in [-0.4, -0.2) is 15.0 Å². The zero-order valence-electron chi connectivity index (χ0n) is 15.7. The minimum atomic E-state index is -3.80. The molecular formula is C20H28O3S. The second-order valence-electron chi connectivity index (χ2n) is 8.24. The quantitative estimate of drug-likeness (QED) is 0.720. The minimum Gasteiger partial charge on any atom is -0.267 e. The van der Waals surface area contributed by atoms with Crippen molar-refractivity contribution in [1.82, 2.24) is 0 Å². The third-order valence-electron chi connectivity index (χ3n) is 4.17. The van der Waals surface area contributed by atoms with Gasteiger partial charge in [-0.25, -0.2) is 0 Å². The third kappa shape index (κ3) is 3.65. The monoisotopic (exact) mass is 348 g/mol. The number of benzene rings is 2. The van der Waals surface area contributed by atoms with Gasteiger partial charge in [-0.05, 0) is 34.3 Å². The van der Waals surface area contributed by atoms with Crippen molar-refractivity contribution in [3.63, 3.8) is 0 Å². The van der Waals surface area contributed by atoms with Gasteiger partial charge in [0, 0.05) is 5.39 Å². The van der Waals surface area contributed by atoms with E-state index < -0.39 is 10.1 Å². The van der Waals surface area contributed by atoms with E-state index >= 15 is 0 Å². The van der Waals surface area contributed by atoms with E-state index in [1.807, 2.05) is 45.0 Å². The number of rotatable bonds is 3. The molecule has 0 aliphatic carbocycles. The zero-order chi connectivity index (χ0) is 18.3. The summed E-state index contributed by atoms with van der Waals surface area (Å²) in [7, 11) is -3.80. The second-order valence-corrected chi connectivity index (χ2v) is 9.79. The molecule has 0 amide bonds. The fourth-order valence-electron chi connectivity index (χ4n) is 2.84. The predicted octanol–water partition coefficient (Wildman–Crippen LogP) is 5.16. The highest BCUT2D eigenvalue weighted by Crippen LogP contribution is 2.37. The molecule has 24 heavy (non-hydrogen) atoms. The average molecular weight is 349 g/mol. The first-order chi connectivity index (χ1) is 10.9. The Hall–Kier alpha value is -1.39. The summed E-state index contributed by atoms with van der Waals surface area (Å²) < 4.78 is 30.7. The second kappa shape index (κ2) is 6.16. The molecular weight excluding hydrogens is 320 g/mol. The fraction of sp³-hybridized carbons (Fsp3) is 0.500. The summed E-state index contributed by atoms with van der Waals surface area (Å²) >= 11 is 0. The molecule has 4 heteroatoms. The lowest BCUT2D eigenvalue weighted by Gasteiger charge is -2.25. The first kappa shape index (κ1) is 18.9. The van der Waals surface area contributed by atoms with E-state index in [0.29, 0.717) is 4.90 Å². The van der Waals surface area contributed by atoms with Crippen LogP contribution in [0.3, 0.4) is 0 Å². The van der Waals surface area contributed by atoms with E-state index in [1.54, 1.807) is 6.92 Å². The molecule has 3 nitrogen and oxygen atoms in total. The summed E-state index contributed by atoms with van der Waals surface area (Å²) in [4.78, 5) is 0.301. The lowest BCUT2D eigenvalue weighted by atomic mass is 9.83. The van der Waals surface area contributed by atoms with Gasteiger partial charge in [0.05, 0.1) is 6.61 Å². The van der Waals surface area contributed by atoms with Gasteiger partial charge >= 0.3 is 0 Å². The highest BCUT2D eigenvalue weighted by atomic mass is 32.2. The molecule has 0 heterocycles. The molecule has 0 N–H and O–H groups in total. The molecule has 0 aliphatic rings. The van der Waals surface area contributed by atoms with Gasteiger partial charge in [-0.2, -0.15) is 8.42 Å². The zero-order valence-corrected chi connectivity index (χ0v) is 16.5. The Balaban J connectivity index is 2.88. The molecule has 0 aromatic heterocycles. The number of fused-ring (bicyclic) bond motifs is 1. The van der Waals surface area contributed by atoms with E-state index in [4.69, 9.17) is 4.18 Å². The molecule has 0 bridgehead atoms. The first-order valence-electron chi connectivity index (χ1n) is 8.35. The van der Waals surface area contributed by atoms with E-state index in [2.05, 4.69) is 26.8 Å². The minimum absolute atomic E-state index is 0.00977. The Morgan fingerprint density at radius 1 is 0.917 bits per heavy atom. The van der Waals surface area contributed by atoms with E-state index in [0.717, 1.165) is 16.3 Å². The van der Waals surface area contributed by atoms with Gasteiger partial charge in [-0.3, -0.25) is 4.18 Å². The molecule has 2 aromatic rings. The SMILES string of the molecule is CCOS(=O)(=O)c1c(C(C)(C)C)ccc2cc(C(C)(C)C)ccc12. The summed E-state index contributed by atoms with van der Waals surface area (Å²) in [5, 5.41) is 1.65. The smallest absolute Gasteiger partial charge is 0.267 e. The van der Waals surface area contributed by atoms with Gasteiger partial charge in [0.1, 0.15) is 4.90 Å². The van der Waals surface area contributed by atoms with E-state index in [9.17, 15) is 8.42 Å². The maximum atomic E-state index is 12.8. The Morgan fingerprint density at radius 2 is 1.54 bits per heavy atom. The van der Waals surface area contributed by atoms with E-state index in [-0.39, 0.29) is 17.4 Å². The molecule has 0 radical (unpaired) electrons. The third-order valence-corrected chi connectivity index (χ3v) is 5.65. The van der Waals surface area contributed by atoms with Crippen LogP contribution in [0.25, 0.3) is 10.8 Å². The van der Waals surface area contributed by atoms with Crippen LogP contribution in [0.2, 0.25) is 0 Å². The maximum Gasteiger partial charge on any atom is 0.297 e. The predicted molar refractivity (Wildman–Crippen MR) is 100 cm³/mol. The van der Waals surface area contributed by atoms with Crippen LogP contribution in [0.15, 0.2) is 35.2 Å². The standard InChI is InChI=1S/C20H28O3S/c1-8-23-24(21,22)18-16-11-10-15(19(2,3)4)13-14(16)9-12-17(18)20(5,6)7/h9-13H,8H2,1-7H3. The average Bonchev–Trinajstić information content (AvgIpc) is 2.43. The van der Waals surface area contributed by atoms with Gasteiger partial charge in [0.25, 0.3) is 10.1 Å². The van der Waals surface area contributed by atoms with Crippen LogP contribution in [0.1, 0.15) is 59.6 Å². The lowest BCUT2D eigenvalue weighted by Crippen LogP contribution is -2.19. The van der Waals surface area contributed by atoms with Crippen molar-refractivity contribution in [2.24, 2.45) is 0 Å². The summed E-state index contributed by atoms with van der Waals surface area (Å²) in [6.45, 7) is 14.3. The van der Waals surface area contributed by atoms with Crippen LogP contribution in [0.5, 0.6) is 0 Å². The van der Waals surface area contributed by atoms with Crippen molar-refractivity contribution in [2.45, 2.75) is 64.2 Å². The largest absolute Gasteiger partial charge is 0.297 e. The van der Waals surface area contributed by atoms with Crippen LogP contribution >= 0.6 is 0 Å². The van der Waals surface area contributed by atoms with Gasteiger partial charge in [-0.1, -0.05) is 71.9 Å². The molecule has 0 atom stereocenters. The van der Waals surface area contributed by atoms with Crippen molar-refractivity contribution in [3.8, 4) is 0 Å². The first-order valence-corrected chi connectivity index (χ1v) is 9.76. The van der Waals surface area contributed by atoms with E-state index in [1.165, 1.54) is 5.56 Å². The van der Waals surface area contributed by atoms with Crippen molar-refractivity contribution in [1.29, 1.82) is 0 Å². The molecule has 0 unspecified atom stereocenters. The molecule has 0 spiro atoms. The van der Waals surface area contributed by atoms with Crippen molar-refractivity contribution < 1.29 is 12.6 Å². The molecule has 2 aromatic carbocycles. The lowest BCUT2D eigenvalue weighted by molar-refractivity contribution is 0.337. The van der Waals surface area contributed by atoms with Crippen LogP contribution < -0.4 is 0 Å². The molecule has 0 fully saturated rings. The van der Waals surface area contributed by atoms with Crippen LogP contribution in [-0.2, 0) is 25.1 Å². The summed E-state index contributed by atoms with van der Waals surface area (Å²) in [6.07, 6.45) is 0.